The Morgan fingerprint density at radius 1 is 1.30 bits per heavy atom. The first-order chi connectivity index (χ1) is 11.2. The Morgan fingerprint density at radius 3 is 2.74 bits per heavy atom. The van der Waals surface area contributed by atoms with E-state index in [-0.39, 0.29) is 18.4 Å². The molecule has 1 fully saturated rings. The number of aromatic nitrogens is 1. The van der Waals surface area contributed by atoms with Gasteiger partial charge in [0.15, 0.2) is 5.13 Å². The zero-order valence-corrected chi connectivity index (χ0v) is 14.7. The number of carbonyl (C=O) groups excluding carboxylic acids is 2. The van der Waals surface area contributed by atoms with E-state index in [1.54, 1.807) is 11.1 Å². The van der Waals surface area contributed by atoms with Crippen LogP contribution in [0.1, 0.15) is 58.3 Å². The molecule has 2 rings (SSSR count). The van der Waals surface area contributed by atoms with Crippen LogP contribution in [0.4, 0.5) is 5.13 Å². The first-order valence-electron chi connectivity index (χ1n) is 8.66. The summed E-state index contributed by atoms with van der Waals surface area (Å²) in [7, 11) is 0. The molecule has 0 unspecified atom stereocenters. The molecule has 0 spiro atoms. The van der Waals surface area contributed by atoms with Gasteiger partial charge < -0.3 is 10.2 Å². The van der Waals surface area contributed by atoms with Gasteiger partial charge >= 0.3 is 0 Å². The van der Waals surface area contributed by atoms with Crippen molar-refractivity contribution in [1.82, 2.24) is 9.88 Å². The number of rotatable bonds is 11. The highest BCUT2D eigenvalue weighted by molar-refractivity contribution is 7.13. The summed E-state index contributed by atoms with van der Waals surface area (Å²) in [4.78, 5) is 30.3. The van der Waals surface area contributed by atoms with Gasteiger partial charge in [-0.15, -0.1) is 11.3 Å². The summed E-state index contributed by atoms with van der Waals surface area (Å²) >= 11 is 1.39. The Hall–Kier alpha value is -1.43. The number of amides is 2. The number of hydrogen-bond donors (Lipinski definition) is 1. The molecule has 1 aromatic heterocycles. The Labute approximate surface area is 142 Å². The number of hydrogen-bond acceptors (Lipinski definition) is 4. The normalized spacial score (nSPS) is 13.8. The molecule has 2 amide bonds. The Bertz CT molecular complexity index is 486. The van der Waals surface area contributed by atoms with Crippen LogP contribution in [0.15, 0.2) is 11.6 Å². The average molecular weight is 337 g/mol. The number of nitrogens with zero attached hydrogens (tertiary/aromatic N) is 2. The molecule has 1 heterocycles. The number of carbonyl (C=O) groups is 2. The maximum Gasteiger partial charge on any atom is 0.245 e. The van der Waals surface area contributed by atoms with Crippen molar-refractivity contribution in [2.24, 2.45) is 5.92 Å². The van der Waals surface area contributed by atoms with E-state index >= 15 is 0 Å². The molecule has 0 atom stereocenters. The largest absolute Gasteiger partial charge is 0.333 e. The van der Waals surface area contributed by atoms with E-state index in [1.807, 2.05) is 5.38 Å². The lowest BCUT2D eigenvalue weighted by Gasteiger charge is -2.22. The quantitative estimate of drug-likeness (QED) is 0.627. The molecule has 0 aromatic carbocycles. The minimum Gasteiger partial charge on any atom is -0.333 e. The van der Waals surface area contributed by atoms with Crippen molar-refractivity contribution < 1.29 is 9.59 Å². The molecule has 1 aliphatic rings. The Balaban J connectivity index is 1.75. The molecular weight excluding hydrogens is 310 g/mol. The van der Waals surface area contributed by atoms with Crippen molar-refractivity contribution in [2.75, 3.05) is 18.4 Å². The molecule has 6 heteroatoms. The van der Waals surface area contributed by atoms with Crippen molar-refractivity contribution in [2.45, 2.75) is 58.3 Å². The lowest BCUT2D eigenvalue weighted by atomic mass is 10.1. The van der Waals surface area contributed by atoms with Gasteiger partial charge in [0.1, 0.15) is 0 Å². The molecule has 0 saturated heterocycles. The topological polar surface area (TPSA) is 62.3 Å². The zero-order chi connectivity index (χ0) is 16.5. The molecule has 1 saturated carbocycles. The molecule has 1 N–H and O–H groups in total. The molecule has 1 aromatic rings. The smallest absolute Gasteiger partial charge is 0.245 e. The minimum atomic E-state index is -0.153. The van der Waals surface area contributed by atoms with Crippen LogP contribution in [0.5, 0.6) is 0 Å². The third kappa shape index (κ3) is 7.12. The number of nitrogens with one attached hydrogen (secondary N) is 1. The summed E-state index contributed by atoms with van der Waals surface area (Å²) in [6.45, 7) is 3.05. The fraction of sp³-hybridized carbons (Fsp3) is 0.706. The van der Waals surface area contributed by atoms with Gasteiger partial charge in [-0.05, 0) is 25.2 Å². The number of anilines is 1. The van der Waals surface area contributed by atoms with E-state index in [1.165, 1.54) is 43.4 Å². The summed E-state index contributed by atoms with van der Waals surface area (Å²) in [5.41, 5.74) is 0. The number of thiazole rings is 1. The third-order valence-corrected chi connectivity index (χ3v) is 4.72. The molecule has 0 aliphatic heterocycles. The lowest BCUT2D eigenvalue weighted by Crippen LogP contribution is -2.39. The predicted octanol–water partition coefficient (Wildman–Crippen LogP) is 3.68. The van der Waals surface area contributed by atoms with Gasteiger partial charge in [-0.25, -0.2) is 4.98 Å². The van der Waals surface area contributed by atoms with E-state index in [0.29, 0.717) is 17.5 Å². The van der Waals surface area contributed by atoms with Crippen LogP contribution in [0, 0.1) is 5.92 Å². The van der Waals surface area contributed by atoms with E-state index in [2.05, 4.69) is 17.2 Å². The first kappa shape index (κ1) is 17.9. The lowest BCUT2D eigenvalue weighted by molar-refractivity contribution is -0.135. The van der Waals surface area contributed by atoms with Crippen molar-refractivity contribution in [3.05, 3.63) is 11.6 Å². The maximum absolute atomic E-state index is 12.4. The average Bonchev–Trinajstić information content (AvgIpc) is 3.20. The summed E-state index contributed by atoms with van der Waals surface area (Å²) in [6, 6.07) is 0. The molecule has 128 valence electrons. The predicted molar refractivity (Wildman–Crippen MR) is 93.4 cm³/mol. The summed E-state index contributed by atoms with van der Waals surface area (Å²) in [6.07, 6.45) is 10.2. The second kappa shape index (κ2) is 9.65. The van der Waals surface area contributed by atoms with Crippen molar-refractivity contribution in [3.8, 4) is 0 Å². The molecule has 23 heavy (non-hydrogen) atoms. The monoisotopic (exact) mass is 337 g/mol. The van der Waals surface area contributed by atoms with Crippen LogP contribution >= 0.6 is 11.3 Å². The molecular formula is C17H27N3O2S. The van der Waals surface area contributed by atoms with Gasteiger partial charge in [0.2, 0.25) is 11.8 Å². The molecule has 1 aliphatic carbocycles. The highest BCUT2D eigenvalue weighted by atomic mass is 32.1. The van der Waals surface area contributed by atoms with Crippen LogP contribution in [0.2, 0.25) is 0 Å². The fourth-order valence-corrected chi connectivity index (χ4v) is 3.07. The molecule has 5 nitrogen and oxygen atoms in total. The van der Waals surface area contributed by atoms with Crippen molar-refractivity contribution >= 4 is 28.3 Å². The van der Waals surface area contributed by atoms with Crippen molar-refractivity contribution in [1.29, 1.82) is 0 Å². The summed E-state index contributed by atoms with van der Waals surface area (Å²) < 4.78 is 0. The van der Waals surface area contributed by atoms with Gasteiger partial charge in [0, 0.05) is 24.5 Å². The zero-order valence-electron chi connectivity index (χ0n) is 13.9. The van der Waals surface area contributed by atoms with Gasteiger partial charge in [0.05, 0.1) is 6.54 Å². The maximum atomic E-state index is 12.4. The van der Waals surface area contributed by atoms with Crippen LogP contribution in [0.3, 0.4) is 0 Å². The van der Waals surface area contributed by atoms with E-state index in [0.717, 1.165) is 19.4 Å². The molecule has 0 bridgehead atoms. The van der Waals surface area contributed by atoms with Crippen LogP contribution < -0.4 is 5.32 Å². The van der Waals surface area contributed by atoms with Gasteiger partial charge in [-0.2, -0.15) is 0 Å². The van der Waals surface area contributed by atoms with Gasteiger partial charge in [-0.1, -0.05) is 32.6 Å². The van der Waals surface area contributed by atoms with E-state index in [9.17, 15) is 9.59 Å². The standard InChI is InChI=1S/C17H27N3O2S/c1-2-3-4-5-6-7-16(22)20(12-14-8-9-14)13-15(21)19-17-18-10-11-23-17/h10-11,14H,2-9,12-13H2,1H3,(H,18,19,21). The van der Waals surface area contributed by atoms with E-state index in [4.69, 9.17) is 0 Å². The minimum absolute atomic E-state index is 0.114. The van der Waals surface area contributed by atoms with E-state index < -0.39 is 0 Å². The van der Waals surface area contributed by atoms with Crippen LogP contribution in [0.25, 0.3) is 0 Å². The summed E-state index contributed by atoms with van der Waals surface area (Å²) in [5.74, 6) is 0.550. The molecule has 0 radical (unpaired) electrons. The first-order valence-corrected chi connectivity index (χ1v) is 9.54. The highest BCUT2D eigenvalue weighted by Gasteiger charge is 2.27. The van der Waals surface area contributed by atoms with Crippen molar-refractivity contribution in [3.63, 3.8) is 0 Å². The third-order valence-electron chi connectivity index (χ3n) is 4.04. The van der Waals surface area contributed by atoms with Crippen LogP contribution in [-0.2, 0) is 9.59 Å². The Morgan fingerprint density at radius 2 is 2.09 bits per heavy atom. The highest BCUT2D eigenvalue weighted by Crippen LogP contribution is 2.30. The Kier molecular flexibility index (Phi) is 7.52. The van der Waals surface area contributed by atoms with Gasteiger partial charge in [-0.3, -0.25) is 9.59 Å². The van der Waals surface area contributed by atoms with Gasteiger partial charge in [0.25, 0.3) is 0 Å². The SMILES string of the molecule is CCCCCCCC(=O)N(CC(=O)Nc1nccs1)CC1CC1. The summed E-state index contributed by atoms with van der Waals surface area (Å²) in [5, 5.41) is 5.17. The van der Waals surface area contributed by atoms with Crippen LogP contribution in [-0.4, -0.2) is 34.8 Å². The second-order valence-corrected chi connectivity index (χ2v) is 7.16. The second-order valence-electron chi connectivity index (χ2n) is 6.27. The number of unbranched alkanes of at least 4 members (excludes halogenated alkanes) is 4. The fourth-order valence-electron chi connectivity index (χ4n) is 2.52.